The highest BCUT2D eigenvalue weighted by Crippen LogP contribution is 2.38. The van der Waals surface area contributed by atoms with Crippen molar-refractivity contribution < 1.29 is 14.3 Å². The molecule has 120 valence electrons. The van der Waals surface area contributed by atoms with Gasteiger partial charge < -0.3 is 15.2 Å². The molecule has 2 aliphatic rings. The average molecular weight is 304 g/mol. The summed E-state index contributed by atoms with van der Waals surface area (Å²) >= 11 is 0. The summed E-state index contributed by atoms with van der Waals surface area (Å²) in [5.41, 5.74) is 7.68. The van der Waals surface area contributed by atoms with Crippen LogP contribution in [0.1, 0.15) is 31.9 Å². The quantitative estimate of drug-likeness (QED) is 0.918. The molecule has 0 radical (unpaired) electrons. The van der Waals surface area contributed by atoms with E-state index in [0.717, 1.165) is 25.3 Å². The number of carbonyl (C=O) groups is 1. The number of rotatable bonds is 3. The number of ether oxygens (including phenoxy) is 2. The minimum atomic E-state index is -0.530. The zero-order valence-electron chi connectivity index (χ0n) is 13.5. The van der Waals surface area contributed by atoms with Crippen LogP contribution in [0.25, 0.3) is 0 Å². The van der Waals surface area contributed by atoms with Crippen molar-refractivity contribution in [1.29, 1.82) is 0 Å². The molecule has 5 nitrogen and oxygen atoms in total. The van der Waals surface area contributed by atoms with Crippen molar-refractivity contribution in [2.45, 2.75) is 51.5 Å². The molecule has 0 aliphatic carbocycles. The molecule has 2 aliphatic heterocycles. The molecular formula is C17H24N2O3. The minimum absolute atomic E-state index is 0.000343. The Morgan fingerprint density at radius 1 is 1.41 bits per heavy atom. The summed E-state index contributed by atoms with van der Waals surface area (Å²) < 4.78 is 11.7. The SMILES string of the molecule is C[C@@H]1CN(Cc2cccc3c2OC(C)(C)C3)CC(C(N)=O)O1. The molecule has 1 fully saturated rings. The number of nitrogens with two attached hydrogens (primary N) is 1. The van der Waals surface area contributed by atoms with Gasteiger partial charge in [0, 0.05) is 31.6 Å². The van der Waals surface area contributed by atoms with Crippen LogP contribution >= 0.6 is 0 Å². The summed E-state index contributed by atoms with van der Waals surface area (Å²) in [6.45, 7) is 8.25. The Bertz CT molecular complexity index is 585. The minimum Gasteiger partial charge on any atom is -0.487 e. The highest BCUT2D eigenvalue weighted by molar-refractivity contribution is 5.79. The van der Waals surface area contributed by atoms with E-state index in [-0.39, 0.29) is 11.7 Å². The predicted octanol–water partition coefficient (Wildman–Crippen LogP) is 1.47. The molecule has 1 aromatic carbocycles. The lowest BCUT2D eigenvalue weighted by atomic mass is 10.0. The van der Waals surface area contributed by atoms with Gasteiger partial charge in [0.05, 0.1) is 6.10 Å². The number of benzene rings is 1. The van der Waals surface area contributed by atoms with E-state index in [1.54, 1.807) is 0 Å². The number of carbonyl (C=O) groups excluding carboxylic acids is 1. The zero-order chi connectivity index (χ0) is 15.9. The molecule has 1 amide bonds. The number of fused-ring (bicyclic) bond motifs is 1. The van der Waals surface area contributed by atoms with Gasteiger partial charge in [-0.15, -0.1) is 0 Å². The fourth-order valence-electron chi connectivity index (χ4n) is 3.37. The lowest BCUT2D eigenvalue weighted by molar-refractivity contribution is -0.142. The van der Waals surface area contributed by atoms with Crippen LogP contribution < -0.4 is 10.5 Å². The lowest BCUT2D eigenvalue weighted by Gasteiger charge is -2.35. The van der Waals surface area contributed by atoms with Gasteiger partial charge in [-0.2, -0.15) is 0 Å². The Hall–Kier alpha value is -1.59. The van der Waals surface area contributed by atoms with Crippen LogP contribution in [0.5, 0.6) is 5.75 Å². The zero-order valence-corrected chi connectivity index (χ0v) is 13.5. The standard InChI is InChI=1S/C17H24N2O3/c1-11-8-19(10-14(21-11)16(18)20)9-13-6-4-5-12-7-17(2,3)22-15(12)13/h4-6,11,14H,7-10H2,1-3H3,(H2,18,20)/t11-,14?/m1/s1. The first kappa shape index (κ1) is 15.3. The van der Waals surface area contributed by atoms with Crippen molar-refractivity contribution >= 4 is 5.91 Å². The van der Waals surface area contributed by atoms with Crippen LogP contribution in [0, 0.1) is 0 Å². The monoisotopic (exact) mass is 304 g/mol. The number of hydrogen-bond acceptors (Lipinski definition) is 4. The Morgan fingerprint density at radius 3 is 2.91 bits per heavy atom. The maximum atomic E-state index is 11.4. The van der Waals surface area contributed by atoms with E-state index in [1.165, 1.54) is 11.1 Å². The Kier molecular flexibility index (Phi) is 3.87. The van der Waals surface area contributed by atoms with Crippen molar-refractivity contribution in [1.82, 2.24) is 4.90 Å². The summed E-state index contributed by atoms with van der Waals surface area (Å²) in [4.78, 5) is 13.6. The van der Waals surface area contributed by atoms with Gasteiger partial charge in [0.2, 0.25) is 5.91 Å². The number of nitrogens with zero attached hydrogens (tertiary/aromatic N) is 1. The third kappa shape index (κ3) is 3.10. The van der Waals surface area contributed by atoms with Crippen molar-refractivity contribution in [2.75, 3.05) is 13.1 Å². The Labute approximate surface area is 131 Å². The third-order valence-electron chi connectivity index (χ3n) is 4.22. The maximum Gasteiger partial charge on any atom is 0.247 e. The Morgan fingerprint density at radius 2 is 2.18 bits per heavy atom. The van der Waals surface area contributed by atoms with Crippen LogP contribution in [-0.4, -0.2) is 41.7 Å². The van der Waals surface area contributed by atoms with Crippen LogP contribution in [0.15, 0.2) is 18.2 Å². The van der Waals surface area contributed by atoms with Gasteiger partial charge >= 0.3 is 0 Å². The van der Waals surface area contributed by atoms with Gasteiger partial charge in [-0.05, 0) is 26.3 Å². The van der Waals surface area contributed by atoms with Gasteiger partial charge in [0.1, 0.15) is 17.5 Å². The second-order valence-electron chi connectivity index (χ2n) is 6.98. The lowest BCUT2D eigenvalue weighted by Crippen LogP contribution is -2.51. The molecular weight excluding hydrogens is 280 g/mol. The fraction of sp³-hybridized carbons (Fsp3) is 0.588. The van der Waals surface area contributed by atoms with Crippen molar-refractivity contribution in [3.63, 3.8) is 0 Å². The summed E-state index contributed by atoms with van der Waals surface area (Å²) in [5, 5.41) is 0. The van der Waals surface area contributed by atoms with Gasteiger partial charge in [-0.1, -0.05) is 18.2 Å². The third-order valence-corrected chi connectivity index (χ3v) is 4.22. The number of hydrogen-bond donors (Lipinski definition) is 1. The van der Waals surface area contributed by atoms with E-state index in [9.17, 15) is 4.79 Å². The van der Waals surface area contributed by atoms with Crippen LogP contribution in [0.3, 0.4) is 0 Å². The maximum absolute atomic E-state index is 11.4. The van der Waals surface area contributed by atoms with E-state index in [0.29, 0.717) is 6.54 Å². The highest BCUT2D eigenvalue weighted by Gasteiger charge is 2.33. The highest BCUT2D eigenvalue weighted by atomic mass is 16.5. The number of morpholine rings is 1. The second-order valence-corrected chi connectivity index (χ2v) is 6.98. The second kappa shape index (κ2) is 5.56. The van der Waals surface area contributed by atoms with Crippen molar-refractivity contribution in [3.05, 3.63) is 29.3 Å². The number of para-hydroxylation sites is 1. The first-order valence-corrected chi connectivity index (χ1v) is 7.81. The summed E-state index contributed by atoms with van der Waals surface area (Å²) in [5.74, 6) is 0.606. The van der Waals surface area contributed by atoms with Gasteiger partial charge in [-0.3, -0.25) is 9.69 Å². The molecule has 1 saturated heterocycles. The first-order chi connectivity index (χ1) is 10.3. The molecule has 0 bridgehead atoms. The molecule has 0 saturated carbocycles. The van der Waals surface area contributed by atoms with E-state index in [2.05, 4.69) is 36.9 Å². The van der Waals surface area contributed by atoms with E-state index >= 15 is 0 Å². The predicted molar refractivity (Wildman–Crippen MR) is 83.7 cm³/mol. The van der Waals surface area contributed by atoms with Crippen molar-refractivity contribution in [3.8, 4) is 5.75 Å². The molecule has 1 aromatic rings. The number of primary amides is 1. The molecule has 2 N–H and O–H groups in total. The summed E-state index contributed by atoms with van der Waals surface area (Å²) in [7, 11) is 0. The largest absolute Gasteiger partial charge is 0.487 e. The summed E-state index contributed by atoms with van der Waals surface area (Å²) in [6.07, 6.45) is 0.401. The first-order valence-electron chi connectivity index (χ1n) is 7.81. The molecule has 5 heteroatoms. The van der Waals surface area contributed by atoms with Gasteiger partial charge in [0.15, 0.2) is 0 Å². The topological polar surface area (TPSA) is 64.8 Å². The molecule has 3 rings (SSSR count). The van der Waals surface area contributed by atoms with Crippen LogP contribution in [-0.2, 0) is 22.5 Å². The molecule has 0 aromatic heterocycles. The smallest absolute Gasteiger partial charge is 0.247 e. The fourth-order valence-corrected chi connectivity index (χ4v) is 3.37. The van der Waals surface area contributed by atoms with E-state index < -0.39 is 12.0 Å². The molecule has 2 heterocycles. The van der Waals surface area contributed by atoms with E-state index in [1.807, 2.05) is 6.92 Å². The summed E-state index contributed by atoms with van der Waals surface area (Å²) in [6, 6.07) is 6.30. The van der Waals surface area contributed by atoms with Crippen molar-refractivity contribution in [2.24, 2.45) is 5.73 Å². The Balaban J connectivity index is 1.77. The molecule has 1 unspecified atom stereocenters. The molecule has 2 atom stereocenters. The van der Waals surface area contributed by atoms with Crippen LogP contribution in [0.4, 0.5) is 0 Å². The van der Waals surface area contributed by atoms with Gasteiger partial charge in [0.25, 0.3) is 0 Å². The molecule has 22 heavy (non-hydrogen) atoms. The van der Waals surface area contributed by atoms with E-state index in [4.69, 9.17) is 15.2 Å². The van der Waals surface area contributed by atoms with Crippen LogP contribution in [0.2, 0.25) is 0 Å². The molecule has 0 spiro atoms. The number of amides is 1. The normalized spacial score (nSPS) is 27.2. The van der Waals surface area contributed by atoms with Gasteiger partial charge in [-0.25, -0.2) is 0 Å². The average Bonchev–Trinajstić information content (AvgIpc) is 2.73.